The lowest BCUT2D eigenvalue weighted by atomic mass is 9.94. The van der Waals surface area contributed by atoms with Gasteiger partial charge in [-0.3, -0.25) is 4.90 Å². The van der Waals surface area contributed by atoms with Gasteiger partial charge in [0.25, 0.3) is 0 Å². The Morgan fingerprint density at radius 2 is 2.04 bits per heavy atom. The van der Waals surface area contributed by atoms with Crippen LogP contribution in [0, 0.1) is 6.92 Å². The van der Waals surface area contributed by atoms with Crippen LogP contribution in [0.5, 0.6) is 0 Å². The molecule has 1 atom stereocenters. The Morgan fingerprint density at radius 1 is 1.22 bits per heavy atom. The molecule has 3 heterocycles. The highest BCUT2D eigenvalue weighted by Gasteiger charge is 2.23. The fraction of sp³-hybridized carbons (Fsp3) is 0.333. The van der Waals surface area contributed by atoms with Crippen molar-refractivity contribution in [2.45, 2.75) is 25.9 Å². The van der Waals surface area contributed by atoms with Crippen LogP contribution in [-0.4, -0.2) is 39.1 Å². The largest absolute Gasteiger partial charge is 0.368 e. The molecule has 0 bridgehead atoms. The van der Waals surface area contributed by atoms with Gasteiger partial charge >= 0.3 is 0 Å². The number of likely N-dealkylation sites (N-methyl/N-ethyl adjacent to an activating group) is 1. The van der Waals surface area contributed by atoms with E-state index in [0.717, 1.165) is 36.7 Å². The smallest absolute Gasteiger partial charge is 0.157 e. The van der Waals surface area contributed by atoms with Crippen molar-refractivity contribution in [3.05, 3.63) is 59.4 Å². The van der Waals surface area contributed by atoms with Gasteiger partial charge in [-0.25, -0.2) is 4.98 Å². The Balaban J connectivity index is 1.53. The van der Waals surface area contributed by atoms with Crippen molar-refractivity contribution in [2.75, 3.05) is 18.9 Å². The summed E-state index contributed by atoms with van der Waals surface area (Å²) in [6.45, 7) is 3.92. The molecule has 5 nitrogen and oxygen atoms in total. The van der Waals surface area contributed by atoms with Gasteiger partial charge in [-0.05, 0) is 31.5 Å². The maximum absolute atomic E-state index is 4.49. The number of nitrogens with zero attached hydrogens (tertiary/aromatic N) is 4. The summed E-state index contributed by atoms with van der Waals surface area (Å²) in [6, 6.07) is 13.2. The Kier molecular flexibility index (Phi) is 3.50. The van der Waals surface area contributed by atoms with Gasteiger partial charge in [0.05, 0.1) is 6.20 Å². The number of nitrogens with one attached hydrogen (secondary N) is 1. The lowest BCUT2D eigenvalue weighted by Crippen LogP contribution is -2.42. The summed E-state index contributed by atoms with van der Waals surface area (Å²) >= 11 is 0. The Labute approximate surface area is 136 Å². The number of anilines is 1. The predicted molar refractivity (Wildman–Crippen MR) is 91.6 cm³/mol. The standard InChI is InChI=1S/C18H21N5/c1-13-9-18(23-17(21-13)7-8-20-23)19-11-16-10-14-5-3-4-6-15(14)12-22(16)2/h3-9,16,19H,10-12H2,1-2H3. The summed E-state index contributed by atoms with van der Waals surface area (Å²) in [5, 5.41) is 7.92. The second kappa shape index (κ2) is 5.66. The molecular formula is C18H21N5. The van der Waals surface area contributed by atoms with E-state index >= 15 is 0 Å². The first kappa shape index (κ1) is 14.2. The van der Waals surface area contributed by atoms with Crippen LogP contribution < -0.4 is 5.32 Å². The lowest BCUT2D eigenvalue weighted by Gasteiger charge is -2.34. The number of aryl methyl sites for hydroxylation is 1. The van der Waals surface area contributed by atoms with E-state index < -0.39 is 0 Å². The molecule has 118 valence electrons. The molecule has 1 aliphatic rings. The highest BCUT2D eigenvalue weighted by atomic mass is 15.3. The highest BCUT2D eigenvalue weighted by molar-refractivity contribution is 5.49. The van der Waals surface area contributed by atoms with Crippen molar-refractivity contribution in [1.29, 1.82) is 0 Å². The van der Waals surface area contributed by atoms with Gasteiger partial charge in [0, 0.05) is 37.0 Å². The maximum atomic E-state index is 4.49. The minimum atomic E-state index is 0.476. The molecule has 0 saturated heterocycles. The van der Waals surface area contributed by atoms with Crippen LogP contribution in [-0.2, 0) is 13.0 Å². The van der Waals surface area contributed by atoms with Crippen molar-refractivity contribution in [2.24, 2.45) is 0 Å². The van der Waals surface area contributed by atoms with E-state index in [1.165, 1.54) is 11.1 Å². The molecule has 0 radical (unpaired) electrons. The first-order chi connectivity index (χ1) is 11.2. The van der Waals surface area contributed by atoms with Crippen molar-refractivity contribution < 1.29 is 0 Å². The minimum absolute atomic E-state index is 0.476. The van der Waals surface area contributed by atoms with Crippen LogP contribution in [0.2, 0.25) is 0 Å². The summed E-state index contributed by atoms with van der Waals surface area (Å²) in [5.41, 5.74) is 4.80. The van der Waals surface area contributed by atoms with Crippen LogP contribution >= 0.6 is 0 Å². The Hall–Kier alpha value is -2.40. The van der Waals surface area contributed by atoms with Crippen LogP contribution in [0.15, 0.2) is 42.6 Å². The van der Waals surface area contributed by atoms with E-state index in [1.54, 1.807) is 6.20 Å². The van der Waals surface area contributed by atoms with Crippen LogP contribution in [0.3, 0.4) is 0 Å². The van der Waals surface area contributed by atoms with Gasteiger partial charge in [-0.15, -0.1) is 0 Å². The highest BCUT2D eigenvalue weighted by Crippen LogP contribution is 2.22. The summed E-state index contributed by atoms with van der Waals surface area (Å²) in [5.74, 6) is 1.00. The Bertz CT molecular complexity index is 838. The molecule has 5 heteroatoms. The molecule has 0 aliphatic carbocycles. The fourth-order valence-electron chi connectivity index (χ4n) is 3.33. The second-order valence-electron chi connectivity index (χ2n) is 6.31. The molecule has 1 aliphatic heterocycles. The molecule has 3 aromatic rings. The van der Waals surface area contributed by atoms with E-state index in [-0.39, 0.29) is 0 Å². The summed E-state index contributed by atoms with van der Waals surface area (Å²) in [6.07, 6.45) is 2.86. The van der Waals surface area contributed by atoms with Crippen molar-refractivity contribution in [1.82, 2.24) is 19.5 Å². The molecule has 1 unspecified atom stereocenters. The van der Waals surface area contributed by atoms with Crippen LogP contribution in [0.4, 0.5) is 5.82 Å². The van der Waals surface area contributed by atoms with E-state index in [2.05, 4.69) is 57.7 Å². The van der Waals surface area contributed by atoms with Gasteiger partial charge < -0.3 is 5.32 Å². The molecule has 0 saturated carbocycles. The zero-order valence-electron chi connectivity index (χ0n) is 13.5. The monoisotopic (exact) mass is 307 g/mol. The lowest BCUT2D eigenvalue weighted by molar-refractivity contribution is 0.224. The van der Waals surface area contributed by atoms with Crippen LogP contribution in [0.25, 0.3) is 5.65 Å². The van der Waals surface area contributed by atoms with E-state index in [9.17, 15) is 0 Å². The number of benzene rings is 1. The van der Waals surface area contributed by atoms with Gasteiger partial charge in [-0.2, -0.15) is 9.61 Å². The molecule has 0 amide bonds. The SMILES string of the molecule is Cc1cc(NCC2Cc3ccccc3CN2C)n2nccc2n1. The normalized spacial score (nSPS) is 18.1. The average molecular weight is 307 g/mol. The average Bonchev–Trinajstić information content (AvgIpc) is 3.00. The number of aromatic nitrogens is 3. The molecule has 1 aromatic carbocycles. The first-order valence-corrected chi connectivity index (χ1v) is 8.03. The second-order valence-corrected chi connectivity index (χ2v) is 6.31. The van der Waals surface area contributed by atoms with Gasteiger partial charge in [0.1, 0.15) is 5.82 Å². The molecule has 1 N–H and O–H groups in total. The quantitative estimate of drug-likeness (QED) is 0.807. The van der Waals surface area contributed by atoms with Gasteiger partial charge in [-0.1, -0.05) is 24.3 Å². The number of hydrogen-bond acceptors (Lipinski definition) is 4. The Morgan fingerprint density at radius 3 is 2.91 bits per heavy atom. The fourth-order valence-corrected chi connectivity index (χ4v) is 3.33. The first-order valence-electron chi connectivity index (χ1n) is 8.03. The van der Waals surface area contributed by atoms with Crippen molar-refractivity contribution in [3.63, 3.8) is 0 Å². The van der Waals surface area contributed by atoms with E-state index in [1.807, 2.05) is 17.5 Å². The summed E-state index contributed by atoms with van der Waals surface area (Å²) in [7, 11) is 2.20. The van der Waals surface area contributed by atoms with E-state index in [4.69, 9.17) is 0 Å². The zero-order valence-corrected chi connectivity index (χ0v) is 13.5. The molecular weight excluding hydrogens is 286 g/mol. The molecule has 0 fully saturated rings. The summed E-state index contributed by atoms with van der Waals surface area (Å²) < 4.78 is 1.86. The van der Waals surface area contributed by atoms with E-state index in [0.29, 0.717) is 6.04 Å². The molecule has 4 rings (SSSR count). The summed E-state index contributed by atoms with van der Waals surface area (Å²) in [4.78, 5) is 6.91. The van der Waals surface area contributed by atoms with Crippen LogP contribution in [0.1, 0.15) is 16.8 Å². The zero-order chi connectivity index (χ0) is 15.8. The maximum Gasteiger partial charge on any atom is 0.157 e. The molecule has 23 heavy (non-hydrogen) atoms. The van der Waals surface area contributed by atoms with Crippen molar-refractivity contribution in [3.8, 4) is 0 Å². The minimum Gasteiger partial charge on any atom is -0.368 e. The number of hydrogen-bond donors (Lipinski definition) is 1. The van der Waals surface area contributed by atoms with Gasteiger partial charge in [0.15, 0.2) is 5.65 Å². The topological polar surface area (TPSA) is 45.5 Å². The third-order valence-electron chi connectivity index (χ3n) is 4.62. The number of rotatable bonds is 3. The molecule has 2 aromatic heterocycles. The number of fused-ring (bicyclic) bond motifs is 2. The molecule has 0 spiro atoms. The van der Waals surface area contributed by atoms with Gasteiger partial charge in [0.2, 0.25) is 0 Å². The van der Waals surface area contributed by atoms with Crippen molar-refractivity contribution >= 4 is 11.5 Å². The predicted octanol–water partition coefficient (Wildman–Crippen LogP) is 2.51. The third-order valence-corrected chi connectivity index (χ3v) is 4.62. The third kappa shape index (κ3) is 2.68.